The summed E-state index contributed by atoms with van der Waals surface area (Å²) >= 11 is 5.74. The molecule has 96 valence electrons. The van der Waals surface area contributed by atoms with Crippen molar-refractivity contribution >= 4 is 11.6 Å². The van der Waals surface area contributed by atoms with Gasteiger partial charge in [0.2, 0.25) is 0 Å². The number of tetrazole rings is 1. The van der Waals surface area contributed by atoms with E-state index in [0.717, 1.165) is 5.56 Å². The Morgan fingerprint density at radius 3 is 2.67 bits per heavy atom. The summed E-state index contributed by atoms with van der Waals surface area (Å²) in [6, 6.07) is 5.67. The number of aromatic nitrogens is 4. The zero-order valence-electron chi connectivity index (χ0n) is 10.1. The molecule has 0 aliphatic heterocycles. The third kappa shape index (κ3) is 2.53. The van der Waals surface area contributed by atoms with Crippen LogP contribution in [0.15, 0.2) is 18.2 Å². The molecule has 0 atom stereocenters. The molecule has 1 aromatic heterocycles. The van der Waals surface area contributed by atoms with Crippen LogP contribution in [-0.2, 0) is 12.4 Å². The molecule has 18 heavy (non-hydrogen) atoms. The summed E-state index contributed by atoms with van der Waals surface area (Å²) in [6.07, 6.45) is 0. The average molecular weight is 269 g/mol. The Kier molecular flexibility index (Phi) is 3.99. The summed E-state index contributed by atoms with van der Waals surface area (Å²) in [5.74, 6) is 2.28. The Morgan fingerprint density at radius 1 is 1.22 bits per heavy atom. The van der Waals surface area contributed by atoms with Crippen molar-refractivity contribution in [3.63, 3.8) is 0 Å². The van der Waals surface area contributed by atoms with Crippen molar-refractivity contribution < 1.29 is 9.47 Å². The molecule has 6 nitrogen and oxygen atoms in total. The predicted molar refractivity (Wildman–Crippen MR) is 66.0 cm³/mol. The molecule has 2 rings (SSSR count). The van der Waals surface area contributed by atoms with Crippen molar-refractivity contribution in [1.82, 2.24) is 20.2 Å². The van der Waals surface area contributed by atoms with Gasteiger partial charge in [-0.05, 0) is 28.1 Å². The molecule has 0 aliphatic rings. The molecule has 0 amide bonds. The van der Waals surface area contributed by atoms with Gasteiger partial charge in [-0.15, -0.1) is 16.7 Å². The average Bonchev–Trinajstić information content (AvgIpc) is 2.85. The highest BCUT2D eigenvalue weighted by Crippen LogP contribution is 2.27. The monoisotopic (exact) mass is 268 g/mol. The van der Waals surface area contributed by atoms with E-state index in [1.165, 1.54) is 0 Å². The van der Waals surface area contributed by atoms with Crippen LogP contribution >= 0.6 is 11.6 Å². The lowest BCUT2D eigenvalue weighted by atomic mass is 10.2. The minimum absolute atomic E-state index is 0.278. The molecule has 0 saturated heterocycles. The highest BCUT2D eigenvalue weighted by atomic mass is 35.5. The molecule has 0 radical (unpaired) electrons. The van der Waals surface area contributed by atoms with Crippen molar-refractivity contribution in [2.24, 2.45) is 0 Å². The number of benzene rings is 1. The van der Waals surface area contributed by atoms with E-state index in [1.807, 2.05) is 18.2 Å². The highest BCUT2D eigenvalue weighted by Gasteiger charge is 2.08. The van der Waals surface area contributed by atoms with Crippen LogP contribution in [0.5, 0.6) is 11.5 Å². The van der Waals surface area contributed by atoms with Crippen LogP contribution in [0.2, 0.25) is 0 Å². The first kappa shape index (κ1) is 12.6. The van der Waals surface area contributed by atoms with E-state index in [1.54, 1.807) is 18.9 Å². The summed E-state index contributed by atoms with van der Waals surface area (Å²) in [5, 5.41) is 11.3. The van der Waals surface area contributed by atoms with Crippen LogP contribution in [0.4, 0.5) is 0 Å². The maximum Gasteiger partial charge on any atom is 0.166 e. The number of methoxy groups -OCH3 is 2. The van der Waals surface area contributed by atoms with Gasteiger partial charge >= 0.3 is 0 Å². The standard InChI is InChI=1S/C11H13ClN4O2/c1-17-9-4-3-8(5-10(9)18-2)7-16-11(6-12)13-14-15-16/h3-5H,6-7H2,1-2H3. The lowest BCUT2D eigenvalue weighted by molar-refractivity contribution is 0.354. The van der Waals surface area contributed by atoms with E-state index in [0.29, 0.717) is 23.9 Å². The maximum absolute atomic E-state index is 5.74. The number of alkyl halides is 1. The molecule has 0 unspecified atom stereocenters. The lowest BCUT2D eigenvalue weighted by Crippen LogP contribution is -2.06. The fraction of sp³-hybridized carbons (Fsp3) is 0.364. The molecular formula is C11H13ClN4O2. The maximum atomic E-state index is 5.74. The number of rotatable bonds is 5. The van der Waals surface area contributed by atoms with Gasteiger partial charge in [0.05, 0.1) is 26.6 Å². The third-order valence-electron chi connectivity index (χ3n) is 2.51. The SMILES string of the molecule is COc1ccc(Cn2nnnc2CCl)cc1OC. The zero-order chi connectivity index (χ0) is 13.0. The van der Waals surface area contributed by atoms with Gasteiger partial charge in [-0.2, -0.15) is 0 Å². The summed E-state index contributed by atoms with van der Waals surface area (Å²) in [4.78, 5) is 0. The fourth-order valence-corrected chi connectivity index (χ4v) is 1.79. The predicted octanol–water partition coefficient (Wildman–Crippen LogP) is 1.48. The van der Waals surface area contributed by atoms with Gasteiger partial charge in [-0.3, -0.25) is 0 Å². The van der Waals surface area contributed by atoms with Crippen molar-refractivity contribution in [1.29, 1.82) is 0 Å². The van der Waals surface area contributed by atoms with Crippen LogP contribution in [0.3, 0.4) is 0 Å². The number of ether oxygens (including phenoxy) is 2. The van der Waals surface area contributed by atoms with Gasteiger partial charge in [0.15, 0.2) is 17.3 Å². The molecule has 0 aliphatic carbocycles. The molecule has 2 aromatic rings. The molecule has 1 heterocycles. The summed E-state index contributed by atoms with van der Waals surface area (Å²) < 4.78 is 12.1. The summed E-state index contributed by atoms with van der Waals surface area (Å²) in [5.41, 5.74) is 1.01. The summed E-state index contributed by atoms with van der Waals surface area (Å²) in [7, 11) is 3.20. The number of hydrogen-bond acceptors (Lipinski definition) is 5. The minimum Gasteiger partial charge on any atom is -0.493 e. The Balaban J connectivity index is 2.24. The Labute approximate surface area is 109 Å². The molecule has 7 heteroatoms. The first-order valence-corrected chi connectivity index (χ1v) is 5.84. The lowest BCUT2D eigenvalue weighted by Gasteiger charge is -2.09. The van der Waals surface area contributed by atoms with Gasteiger partial charge in [0.1, 0.15) is 0 Å². The van der Waals surface area contributed by atoms with Crippen molar-refractivity contribution in [2.45, 2.75) is 12.4 Å². The normalized spacial score (nSPS) is 10.4. The fourth-order valence-electron chi connectivity index (χ4n) is 1.59. The van der Waals surface area contributed by atoms with Crippen molar-refractivity contribution in [2.75, 3.05) is 14.2 Å². The van der Waals surface area contributed by atoms with Gasteiger partial charge in [-0.1, -0.05) is 6.07 Å². The summed E-state index contributed by atoms with van der Waals surface area (Å²) in [6.45, 7) is 0.537. The molecule has 0 N–H and O–H groups in total. The second-order valence-electron chi connectivity index (χ2n) is 3.58. The van der Waals surface area contributed by atoms with Gasteiger partial charge in [-0.25, -0.2) is 4.68 Å². The molecule has 0 spiro atoms. The Morgan fingerprint density at radius 2 is 2.00 bits per heavy atom. The third-order valence-corrected chi connectivity index (χ3v) is 2.74. The quantitative estimate of drug-likeness (QED) is 0.769. The molecule has 1 aromatic carbocycles. The first-order chi connectivity index (χ1) is 8.78. The molecule has 0 fully saturated rings. The van der Waals surface area contributed by atoms with Crippen molar-refractivity contribution in [3.05, 3.63) is 29.6 Å². The second-order valence-corrected chi connectivity index (χ2v) is 3.84. The van der Waals surface area contributed by atoms with Crippen LogP contribution in [0.25, 0.3) is 0 Å². The van der Waals surface area contributed by atoms with E-state index in [9.17, 15) is 0 Å². The van der Waals surface area contributed by atoms with Crippen LogP contribution in [-0.4, -0.2) is 34.4 Å². The minimum atomic E-state index is 0.278. The second kappa shape index (κ2) is 5.68. The van der Waals surface area contributed by atoms with Crippen LogP contribution in [0.1, 0.15) is 11.4 Å². The zero-order valence-corrected chi connectivity index (χ0v) is 10.9. The van der Waals surface area contributed by atoms with E-state index in [4.69, 9.17) is 21.1 Å². The van der Waals surface area contributed by atoms with Crippen LogP contribution < -0.4 is 9.47 Å². The van der Waals surface area contributed by atoms with Gasteiger partial charge in [0.25, 0.3) is 0 Å². The molecule has 0 saturated carbocycles. The van der Waals surface area contributed by atoms with Gasteiger partial charge < -0.3 is 9.47 Å². The van der Waals surface area contributed by atoms with Gasteiger partial charge in [0, 0.05) is 0 Å². The number of nitrogens with zero attached hydrogens (tertiary/aromatic N) is 4. The van der Waals surface area contributed by atoms with E-state index >= 15 is 0 Å². The smallest absolute Gasteiger partial charge is 0.166 e. The largest absolute Gasteiger partial charge is 0.493 e. The Hall–Kier alpha value is -1.82. The van der Waals surface area contributed by atoms with E-state index in [-0.39, 0.29) is 5.88 Å². The first-order valence-electron chi connectivity index (χ1n) is 5.30. The number of hydrogen-bond donors (Lipinski definition) is 0. The molecule has 0 bridgehead atoms. The topological polar surface area (TPSA) is 62.1 Å². The van der Waals surface area contributed by atoms with Crippen LogP contribution in [0, 0.1) is 0 Å². The Bertz CT molecular complexity index is 530. The molecular weight excluding hydrogens is 256 g/mol. The highest BCUT2D eigenvalue weighted by molar-refractivity contribution is 6.16. The van der Waals surface area contributed by atoms with E-state index < -0.39 is 0 Å². The van der Waals surface area contributed by atoms with E-state index in [2.05, 4.69) is 15.5 Å². The number of halogens is 1. The van der Waals surface area contributed by atoms with Crippen molar-refractivity contribution in [3.8, 4) is 11.5 Å².